The predicted octanol–water partition coefficient (Wildman–Crippen LogP) is 1.81. The predicted molar refractivity (Wildman–Crippen MR) is 66.8 cm³/mol. The normalized spacial score (nSPS) is 12.4. The summed E-state index contributed by atoms with van der Waals surface area (Å²) in [6, 6.07) is 8.97. The van der Waals surface area contributed by atoms with Crippen LogP contribution < -0.4 is 11.1 Å². The van der Waals surface area contributed by atoms with Gasteiger partial charge in [-0.3, -0.25) is 0 Å². The topological polar surface area (TPSA) is 38.0 Å². The zero-order valence-corrected chi connectivity index (χ0v) is 9.37. The minimum atomic E-state index is 0.476. The number of rotatable bonds is 6. The van der Waals surface area contributed by atoms with E-state index >= 15 is 0 Å². The molecule has 0 fully saturated rings. The lowest BCUT2D eigenvalue weighted by molar-refractivity contribution is 0.526. The summed E-state index contributed by atoms with van der Waals surface area (Å²) in [7, 11) is 1.98. The number of hydrogen-bond acceptors (Lipinski definition) is 2. The number of benzene rings is 1. The first-order valence-electron chi connectivity index (χ1n) is 5.39. The Morgan fingerprint density at radius 1 is 1.40 bits per heavy atom. The van der Waals surface area contributed by atoms with Gasteiger partial charge in [0.15, 0.2) is 0 Å². The molecule has 2 heteroatoms. The van der Waals surface area contributed by atoms with Crippen molar-refractivity contribution >= 4 is 6.08 Å². The highest BCUT2D eigenvalue weighted by atomic mass is 14.9. The maximum Gasteiger partial charge on any atom is 0.0116 e. The average Bonchev–Trinajstić information content (AvgIpc) is 2.29. The van der Waals surface area contributed by atoms with E-state index in [0.717, 1.165) is 19.4 Å². The Balaban J connectivity index is 2.58. The van der Waals surface area contributed by atoms with Gasteiger partial charge in [0.2, 0.25) is 0 Å². The second-order valence-electron chi connectivity index (χ2n) is 3.71. The molecule has 2 nitrogen and oxygen atoms in total. The Bertz CT molecular complexity index is 290. The van der Waals surface area contributed by atoms with E-state index in [1.807, 2.05) is 13.1 Å². The van der Waals surface area contributed by atoms with Crippen molar-refractivity contribution in [3.8, 4) is 0 Å². The summed E-state index contributed by atoms with van der Waals surface area (Å²) < 4.78 is 0. The first-order valence-corrected chi connectivity index (χ1v) is 5.39. The van der Waals surface area contributed by atoms with Gasteiger partial charge in [0.25, 0.3) is 0 Å². The van der Waals surface area contributed by atoms with Crippen LogP contribution in [0.2, 0.25) is 0 Å². The molecule has 0 aliphatic heterocycles. The quantitative estimate of drug-likeness (QED) is 0.741. The summed E-state index contributed by atoms with van der Waals surface area (Å²) in [6.45, 7) is 4.47. The molecule has 0 bridgehead atoms. The van der Waals surface area contributed by atoms with Crippen LogP contribution in [-0.4, -0.2) is 19.6 Å². The first-order chi connectivity index (χ1) is 7.30. The van der Waals surface area contributed by atoms with E-state index in [9.17, 15) is 0 Å². The van der Waals surface area contributed by atoms with Crippen molar-refractivity contribution in [2.45, 2.75) is 18.9 Å². The summed E-state index contributed by atoms with van der Waals surface area (Å²) >= 11 is 0. The first kappa shape index (κ1) is 12.0. The highest BCUT2D eigenvalue weighted by Gasteiger charge is 2.05. The van der Waals surface area contributed by atoms with E-state index in [0.29, 0.717) is 6.04 Å². The van der Waals surface area contributed by atoms with Crippen LogP contribution in [0.1, 0.15) is 17.5 Å². The van der Waals surface area contributed by atoms with E-state index in [4.69, 9.17) is 5.73 Å². The standard InChI is InChI=1S/C13H20N2/c1-3-11-4-6-12(7-5-11)10-13(15-2)8-9-14/h3-7,13,15H,1,8-10,14H2,2H3. The van der Waals surface area contributed by atoms with Crippen molar-refractivity contribution in [1.29, 1.82) is 0 Å². The maximum absolute atomic E-state index is 5.55. The Labute approximate surface area is 92.2 Å². The largest absolute Gasteiger partial charge is 0.330 e. The Hall–Kier alpha value is -1.12. The fourth-order valence-electron chi connectivity index (χ4n) is 1.62. The van der Waals surface area contributed by atoms with Crippen LogP contribution in [0.5, 0.6) is 0 Å². The van der Waals surface area contributed by atoms with Crippen LogP contribution in [0, 0.1) is 0 Å². The highest BCUT2D eigenvalue weighted by Crippen LogP contribution is 2.08. The van der Waals surface area contributed by atoms with Crippen molar-refractivity contribution in [3.63, 3.8) is 0 Å². The van der Waals surface area contributed by atoms with Crippen molar-refractivity contribution in [2.24, 2.45) is 5.73 Å². The molecule has 0 aromatic heterocycles. The van der Waals surface area contributed by atoms with E-state index in [-0.39, 0.29) is 0 Å². The molecular weight excluding hydrogens is 184 g/mol. The molecule has 15 heavy (non-hydrogen) atoms. The van der Waals surface area contributed by atoms with E-state index < -0.39 is 0 Å². The van der Waals surface area contributed by atoms with E-state index in [1.165, 1.54) is 11.1 Å². The third-order valence-electron chi connectivity index (χ3n) is 2.62. The van der Waals surface area contributed by atoms with Crippen molar-refractivity contribution in [1.82, 2.24) is 5.32 Å². The molecule has 1 rings (SSSR count). The van der Waals surface area contributed by atoms with Crippen molar-refractivity contribution in [3.05, 3.63) is 42.0 Å². The molecule has 0 saturated heterocycles. The van der Waals surface area contributed by atoms with Gasteiger partial charge in [-0.2, -0.15) is 0 Å². The van der Waals surface area contributed by atoms with Crippen LogP contribution in [0.3, 0.4) is 0 Å². The molecule has 82 valence electrons. The summed E-state index contributed by atoms with van der Waals surface area (Å²) in [6.07, 6.45) is 3.91. The average molecular weight is 204 g/mol. The molecule has 0 radical (unpaired) electrons. The third kappa shape index (κ3) is 3.86. The third-order valence-corrected chi connectivity index (χ3v) is 2.62. The monoisotopic (exact) mass is 204 g/mol. The van der Waals surface area contributed by atoms with Crippen LogP contribution >= 0.6 is 0 Å². The van der Waals surface area contributed by atoms with Gasteiger partial charge in [-0.1, -0.05) is 36.9 Å². The minimum absolute atomic E-state index is 0.476. The molecule has 0 saturated carbocycles. The SMILES string of the molecule is C=Cc1ccc(CC(CCN)NC)cc1. The van der Waals surface area contributed by atoms with Gasteiger partial charge in [0.1, 0.15) is 0 Å². The molecule has 0 heterocycles. The lowest BCUT2D eigenvalue weighted by Gasteiger charge is -2.15. The second-order valence-corrected chi connectivity index (χ2v) is 3.71. The lowest BCUT2D eigenvalue weighted by Crippen LogP contribution is -2.30. The molecule has 0 amide bonds. The molecule has 0 spiro atoms. The summed E-state index contributed by atoms with van der Waals surface area (Å²) in [4.78, 5) is 0. The molecule has 1 unspecified atom stereocenters. The summed E-state index contributed by atoms with van der Waals surface area (Å²) in [5.41, 5.74) is 8.06. The molecule has 1 aromatic rings. The smallest absolute Gasteiger partial charge is 0.0116 e. The van der Waals surface area contributed by atoms with Crippen molar-refractivity contribution in [2.75, 3.05) is 13.6 Å². The molecule has 1 atom stereocenters. The molecule has 3 N–H and O–H groups in total. The summed E-state index contributed by atoms with van der Waals surface area (Å²) in [5, 5.41) is 3.28. The molecule has 0 aliphatic rings. The number of nitrogens with one attached hydrogen (secondary N) is 1. The Morgan fingerprint density at radius 3 is 2.53 bits per heavy atom. The Kier molecular flexibility index (Phi) is 5.08. The van der Waals surface area contributed by atoms with Gasteiger partial charge in [0.05, 0.1) is 0 Å². The minimum Gasteiger partial charge on any atom is -0.330 e. The van der Waals surface area contributed by atoms with Gasteiger partial charge < -0.3 is 11.1 Å². The van der Waals surface area contributed by atoms with Crippen LogP contribution in [-0.2, 0) is 6.42 Å². The van der Waals surface area contributed by atoms with Gasteiger partial charge in [-0.15, -0.1) is 0 Å². The van der Waals surface area contributed by atoms with Crippen molar-refractivity contribution < 1.29 is 0 Å². The number of hydrogen-bond donors (Lipinski definition) is 2. The van der Waals surface area contributed by atoms with Gasteiger partial charge >= 0.3 is 0 Å². The zero-order valence-electron chi connectivity index (χ0n) is 9.37. The van der Waals surface area contributed by atoms with E-state index in [2.05, 4.69) is 36.2 Å². The highest BCUT2D eigenvalue weighted by molar-refractivity contribution is 5.47. The van der Waals surface area contributed by atoms with E-state index in [1.54, 1.807) is 0 Å². The summed E-state index contributed by atoms with van der Waals surface area (Å²) in [5.74, 6) is 0. The molecule has 1 aromatic carbocycles. The van der Waals surface area contributed by atoms with Gasteiger partial charge in [0, 0.05) is 6.04 Å². The van der Waals surface area contributed by atoms with Crippen LogP contribution in [0.4, 0.5) is 0 Å². The Morgan fingerprint density at radius 2 is 2.07 bits per heavy atom. The molecular formula is C13H20N2. The van der Waals surface area contributed by atoms with Crippen LogP contribution in [0.25, 0.3) is 6.08 Å². The number of likely N-dealkylation sites (N-methyl/N-ethyl adjacent to an activating group) is 1. The van der Waals surface area contributed by atoms with Crippen LogP contribution in [0.15, 0.2) is 30.8 Å². The maximum atomic E-state index is 5.55. The zero-order chi connectivity index (χ0) is 11.1. The van der Waals surface area contributed by atoms with Gasteiger partial charge in [-0.05, 0) is 37.6 Å². The second kappa shape index (κ2) is 6.38. The fourth-order valence-corrected chi connectivity index (χ4v) is 1.62. The fraction of sp³-hybridized carbons (Fsp3) is 0.385. The van der Waals surface area contributed by atoms with Gasteiger partial charge in [-0.25, -0.2) is 0 Å². The molecule has 0 aliphatic carbocycles. The lowest BCUT2D eigenvalue weighted by atomic mass is 10.0. The number of nitrogens with two attached hydrogens (primary N) is 1.